The van der Waals surface area contributed by atoms with Crippen molar-refractivity contribution in [3.8, 4) is 11.1 Å². The van der Waals surface area contributed by atoms with Crippen LogP contribution >= 0.6 is 0 Å². The predicted octanol–water partition coefficient (Wildman–Crippen LogP) is 32.8. The van der Waals surface area contributed by atoms with Gasteiger partial charge in [0.15, 0.2) is 86.9 Å². The Morgan fingerprint density at radius 3 is 1.20 bits per heavy atom. The highest BCUT2D eigenvalue weighted by Gasteiger charge is 2.57. The summed E-state index contributed by atoms with van der Waals surface area (Å²) in [4.78, 5) is 37.0. The Labute approximate surface area is 906 Å². The molecule has 1 aliphatic carbocycles. The lowest BCUT2D eigenvalue weighted by Gasteiger charge is -2.52. The maximum atomic E-state index is 15.6. The summed E-state index contributed by atoms with van der Waals surface area (Å²) in [5.74, 6) is -2.37. The number of fused-ring (bicyclic) bond motifs is 5. The first-order valence-corrected chi connectivity index (χ1v) is 82.0. The molecule has 147 heavy (non-hydrogen) atoms. The number of hydrogen-bond acceptors (Lipinski definition) is 19. The minimum Gasteiger partial charge on any atom is -0.462 e. The number of carbonyl (C=O) groups is 2. The molecule has 0 spiro atoms. The number of nitrogens with one attached hydrogen (secondary N) is 1. The minimum absolute atomic E-state index is 0.0132. The number of ether oxygens (including phenoxy) is 6. The fraction of sp³-hybridized carbons (Fsp3) is 0.754. The molecule has 19 atom stereocenters. The van der Waals surface area contributed by atoms with E-state index in [1.165, 1.54) is 0 Å². The number of benzene rings is 2. The molecule has 1 amide bonds. The Balaban J connectivity index is 1.76. The average molecular weight is 2200 g/mol. The van der Waals surface area contributed by atoms with Gasteiger partial charge in [-0.25, -0.2) is 4.79 Å². The first-order chi connectivity index (χ1) is 70.5. The average Bonchev–Trinajstić information content (AvgIpc) is 1.60. The van der Waals surface area contributed by atoms with Crippen LogP contribution in [0.5, 0.6) is 0 Å². The molecule has 840 valence electrons. The normalized spacial score (nSPS) is 28.2. The molecule has 0 saturated carbocycles. The number of hydrogen-bond donors (Lipinski definition) is 1. The van der Waals surface area contributed by atoms with Crippen molar-refractivity contribution in [2.45, 2.75) is 533 Å². The van der Waals surface area contributed by atoms with E-state index in [4.69, 9.17) is 78.2 Å². The summed E-state index contributed by atoms with van der Waals surface area (Å²) in [6.07, 6.45) is 26.1. The van der Waals surface area contributed by atoms with E-state index < -0.39 is 166 Å². The predicted molar refractivity (Wildman–Crippen MR) is 638 cm³/mol. The van der Waals surface area contributed by atoms with E-state index in [9.17, 15) is 0 Å². The van der Waals surface area contributed by atoms with E-state index in [2.05, 4.69) is 311 Å². The minimum atomic E-state index is -2.69. The molecule has 6 rings (SSSR count). The third-order valence-corrected chi connectivity index (χ3v) is 78.9. The number of alkyl carbamates (subject to hydrolysis) is 1. The van der Waals surface area contributed by atoms with E-state index in [-0.39, 0.29) is 61.5 Å². The van der Waals surface area contributed by atoms with Gasteiger partial charge in [-0.2, -0.15) is 0 Å². The number of nitrogens with zero attached hydrogens (tertiary/aromatic N) is 1. The van der Waals surface area contributed by atoms with Gasteiger partial charge in [0.2, 0.25) is 0 Å². The highest BCUT2D eigenvalue weighted by Crippen LogP contribution is 2.49. The molecule has 0 unspecified atom stereocenters. The van der Waals surface area contributed by atoms with Crippen molar-refractivity contribution in [1.29, 1.82) is 0 Å². The van der Waals surface area contributed by atoms with Gasteiger partial charge in [0.1, 0.15) is 25.9 Å². The summed E-state index contributed by atoms with van der Waals surface area (Å²) in [5.41, 5.74) is 4.57. The van der Waals surface area contributed by atoms with Gasteiger partial charge in [-0.3, -0.25) is 4.79 Å². The smallest absolute Gasteiger partial charge is 0.407 e. The standard InChI is InChI=1S/C118H214N2O18Si9/c1-34-139(35-2,36-3)130-98-83-84-107(133-142(43-10,44-11)45-12)109(134-143(46-13,47-14)48-15)87-100(132-141(40-7,41-8)42-9)89-118(123-32)90-110(135-144(49-16,50-17)51-18)105(91-119-124-33)108(129-118)86-97(78-72-70-68-66-64-62-61-63-65-67-69-71-77-93(28)113(136-145(52-19,53-20)54-21)94(29)95(30)126-111(121)88-99(85-98)131-140(37-4,38-5)39-6)128-116-115(138-147(58-25,59-26)60-27)112(114(96(31)127-116)137-146(55-22,56-23)57-24)120-117(122)125-92-106-103-81-75-73-79-101(103)102-80-74-76-82-104(102)106/h61-82,91,93-100,105-110,112-116H,34-60,83-90,92H2,1-33H3,(H,120,122)/b62-61+,65-63+,66-64+,69-67+,70-68+,77-71+,78-72+,119-91-/t93-,94-,95-,96+,97-,98+,99+,100-,105-,107+,108-,109+,110-,112-,113+,114+,115-,116-,118+/m0/s1. The molecular formula is C118H214N2O18Si9. The highest BCUT2D eigenvalue weighted by atomic mass is 28.4. The number of allylic oxidation sites excluding steroid dienone is 12. The van der Waals surface area contributed by atoms with Gasteiger partial charge in [0.05, 0.1) is 79.7 Å². The van der Waals surface area contributed by atoms with Crippen LogP contribution in [0, 0.1) is 17.8 Å². The van der Waals surface area contributed by atoms with Crippen molar-refractivity contribution in [2.24, 2.45) is 22.9 Å². The van der Waals surface area contributed by atoms with Gasteiger partial charge in [0.25, 0.3) is 0 Å². The zero-order valence-electron chi connectivity index (χ0n) is 99.0. The van der Waals surface area contributed by atoms with E-state index in [1.807, 2.05) is 55.9 Å². The van der Waals surface area contributed by atoms with Gasteiger partial charge < -0.3 is 78.4 Å². The third-order valence-electron chi connectivity index (χ3n) is 36.8. The number of cyclic esters (lactones) is 1. The van der Waals surface area contributed by atoms with E-state index in [0.29, 0.717) is 38.5 Å². The summed E-state index contributed by atoms with van der Waals surface area (Å²) in [6, 6.07) is 41.0. The Kier molecular flexibility index (Phi) is 58.7. The summed E-state index contributed by atoms with van der Waals surface area (Å²) in [7, 11) is -19.0. The second-order valence-electron chi connectivity index (χ2n) is 43.3. The fourth-order valence-corrected chi connectivity index (χ4v) is 50.2. The van der Waals surface area contributed by atoms with Crippen LogP contribution in [0.15, 0.2) is 139 Å². The number of rotatable bonds is 53. The van der Waals surface area contributed by atoms with Crippen LogP contribution in [0.3, 0.4) is 0 Å². The molecule has 4 aliphatic rings. The molecule has 0 aromatic heterocycles. The zero-order valence-corrected chi connectivity index (χ0v) is 108. The molecule has 20 nitrogen and oxygen atoms in total. The molecule has 2 aromatic rings. The Morgan fingerprint density at radius 1 is 0.401 bits per heavy atom. The Morgan fingerprint density at radius 2 is 0.776 bits per heavy atom. The topological polar surface area (TPSA) is 206 Å². The molecule has 3 heterocycles. The molecular weight excluding hydrogens is 1990 g/mol. The summed E-state index contributed by atoms with van der Waals surface area (Å²) in [5, 5.41) is 8.33. The van der Waals surface area contributed by atoms with Crippen molar-refractivity contribution >= 4 is 93.1 Å². The van der Waals surface area contributed by atoms with Crippen LogP contribution in [0.2, 0.25) is 163 Å². The van der Waals surface area contributed by atoms with Gasteiger partial charge in [0, 0.05) is 50.2 Å². The zero-order chi connectivity index (χ0) is 109. The molecule has 2 bridgehead atoms. The molecule has 0 radical (unpaired) electrons. The second-order valence-corrected chi connectivity index (χ2v) is 85.8. The lowest BCUT2D eigenvalue weighted by molar-refractivity contribution is -0.310. The summed E-state index contributed by atoms with van der Waals surface area (Å²) < 4.78 is 118. The van der Waals surface area contributed by atoms with Crippen LogP contribution in [-0.2, 0) is 77.9 Å². The van der Waals surface area contributed by atoms with E-state index >= 15 is 9.59 Å². The molecule has 2 fully saturated rings. The Bertz CT molecular complexity index is 4170. The van der Waals surface area contributed by atoms with Crippen molar-refractivity contribution in [3.05, 3.63) is 145 Å². The van der Waals surface area contributed by atoms with Crippen molar-refractivity contribution in [1.82, 2.24) is 5.32 Å². The van der Waals surface area contributed by atoms with E-state index in [0.717, 1.165) is 185 Å². The van der Waals surface area contributed by atoms with Crippen LogP contribution in [0.4, 0.5) is 4.79 Å². The van der Waals surface area contributed by atoms with Gasteiger partial charge in [-0.05, 0) is 231 Å². The number of oxime groups is 1. The molecule has 1 N–H and O–H groups in total. The van der Waals surface area contributed by atoms with Crippen LogP contribution in [0.1, 0.15) is 283 Å². The van der Waals surface area contributed by atoms with Gasteiger partial charge in [-0.15, -0.1) is 0 Å². The number of methoxy groups -OCH3 is 1. The summed E-state index contributed by atoms with van der Waals surface area (Å²) in [6.45, 7) is 71.2. The fourth-order valence-electron chi connectivity index (χ4n) is 24.0. The van der Waals surface area contributed by atoms with Gasteiger partial charge >= 0.3 is 12.1 Å². The van der Waals surface area contributed by atoms with Crippen molar-refractivity contribution in [2.75, 3.05) is 20.8 Å². The second kappa shape index (κ2) is 65.5. The van der Waals surface area contributed by atoms with E-state index in [1.54, 1.807) is 7.11 Å². The molecule has 2 aromatic carbocycles. The molecule has 29 heteroatoms. The Hall–Kier alpha value is -3.74. The van der Waals surface area contributed by atoms with Gasteiger partial charge in [-0.1, -0.05) is 340 Å². The van der Waals surface area contributed by atoms with Crippen molar-refractivity contribution in [3.63, 3.8) is 0 Å². The maximum Gasteiger partial charge on any atom is 0.407 e. The molecule has 3 aliphatic heterocycles. The third kappa shape index (κ3) is 36.4. The lowest BCUT2D eigenvalue weighted by atomic mass is 9.83. The number of amides is 1. The SMILES string of the molecule is CC[Si](CC)(CC)O[C@@H]1CC[C@@H](O[Si](CC)(CC)CC)[C@H](O[Si](CC)(CC)CC)C[C@H](O[Si](CC)(CC)CC)C[C@]2(OC)C[C@H](O[Si](CC)(CC)CC)[C@@H](/C=N\OC)[C@H](C[C@@H](O[C@@H]3O[C@H](C)[C@@H](O[Si](CC)(CC)CC)[C@H](NC(=O)OCC4c5ccccc5-c5ccccc54)[C@@H]3O[Si](CC)(CC)CC)/C=C/C=C/C=C/C=C/C=C/C=C/C=C/[C@H](C)[C@@H](O[Si](CC)(CC)CC)[C@@H](C)[C@H](C)OC(=O)C[C@H](O[Si](CC)(CC)CC)C1)O2. The van der Waals surface area contributed by atoms with Crippen LogP contribution in [0.25, 0.3) is 11.1 Å². The molecule has 2 saturated heterocycles. The largest absolute Gasteiger partial charge is 0.462 e. The summed E-state index contributed by atoms with van der Waals surface area (Å²) >= 11 is 0. The maximum absolute atomic E-state index is 15.6. The number of carbonyl (C=O) groups excluding carboxylic acids is 2. The number of esters is 1. The highest BCUT2D eigenvalue weighted by molar-refractivity contribution is 6.77. The van der Waals surface area contributed by atoms with Crippen LogP contribution < -0.4 is 5.32 Å². The van der Waals surface area contributed by atoms with Crippen LogP contribution in [-0.4, -0.2) is 211 Å². The van der Waals surface area contributed by atoms with Crippen molar-refractivity contribution < 1.29 is 82.7 Å². The first-order valence-electron chi connectivity index (χ1n) is 59.2. The monoisotopic (exact) mass is 2200 g/mol. The first kappa shape index (κ1) is 132. The lowest BCUT2D eigenvalue weighted by Crippen LogP contribution is -2.69. The quantitative estimate of drug-likeness (QED) is 0.0283.